The van der Waals surface area contributed by atoms with Gasteiger partial charge in [0.05, 0.1) is 25.8 Å². The van der Waals surface area contributed by atoms with E-state index in [1.807, 2.05) is 35.0 Å². The third kappa shape index (κ3) is 5.63. The zero-order chi connectivity index (χ0) is 26.5. The van der Waals surface area contributed by atoms with Crippen LogP contribution in [0.3, 0.4) is 0 Å². The number of aryl methyl sites for hydroxylation is 1. The van der Waals surface area contributed by atoms with Crippen LogP contribution in [-0.4, -0.2) is 49.9 Å². The van der Waals surface area contributed by atoms with E-state index in [-0.39, 0.29) is 17.7 Å². The topological polar surface area (TPSA) is 98.2 Å². The highest BCUT2D eigenvalue weighted by atomic mass is 16.5. The molecule has 1 saturated heterocycles. The second kappa shape index (κ2) is 11.9. The Morgan fingerprint density at radius 3 is 2.76 bits per heavy atom. The number of methoxy groups -OCH3 is 1. The number of aromatic amines is 1. The maximum Gasteiger partial charge on any atom is 0.252 e. The van der Waals surface area contributed by atoms with Crippen LogP contribution in [0.25, 0.3) is 10.9 Å². The molecule has 1 N–H and O–H groups in total. The van der Waals surface area contributed by atoms with Gasteiger partial charge in [-0.05, 0) is 71.3 Å². The van der Waals surface area contributed by atoms with Crippen LogP contribution in [0, 0.1) is 0 Å². The molecule has 9 nitrogen and oxygen atoms in total. The average molecular weight is 517 g/mol. The normalized spacial score (nSPS) is 16.4. The first kappa shape index (κ1) is 26.1. The zero-order valence-corrected chi connectivity index (χ0v) is 22.4. The van der Waals surface area contributed by atoms with E-state index in [9.17, 15) is 4.79 Å². The van der Waals surface area contributed by atoms with Crippen LogP contribution >= 0.6 is 0 Å². The Morgan fingerprint density at radius 1 is 1.16 bits per heavy atom. The highest BCUT2D eigenvalue weighted by Crippen LogP contribution is 2.30. The van der Waals surface area contributed by atoms with E-state index in [1.165, 1.54) is 5.56 Å². The van der Waals surface area contributed by atoms with Gasteiger partial charge in [-0.15, -0.1) is 5.10 Å². The second-order valence-corrected chi connectivity index (χ2v) is 9.89. The number of pyridine rings is 1. The fourth-order valence-corrected chi connectivity index (χ4v) is 5.35. The molecule has 38 heavy (non-hydrogen) atoms. The molecule has 0 radical (unpaired) electrons. The lowest BCUT2D eigenvalue weighted by Gasteiger charge is -2.31. The number of tetrazole rings is 1. The summed E-state index contributed by atoms with van der Waals surface area (Å²) in [5, 5.41) is 13.8. The van der Waals surface area contributed by atoms with Crippen LogP contribution in [-0.2, 0) is 30.8 Å². The summed E-state index contributed by atoms with van der Waals surface area (Å²) in [6, 6.07) is 16.1. The minimum Gasteiger partial charge on any atom is -0.496 e. The van der Waals surface area contributed by atoms with Gasteiger partial charge in [0.2, 0.25) is 0 Å². The van der Waals surface area contributed by atoms with E-state index >= 15 is 0 Å². The number of H-pyrrole nitrogens is 1. The molecule has 0 aliphatic carbocycles. The maximum atomic E-state index is 13.2. The molecule has 0 spiro atoms. The lowest BCUT2D eigenvalue weighted by atomic mass is 10.1. The van der Waals surface area contributed by atoms with Crippen molar-refractivity contribution in [3.8, 4) is 5.75 Å². The van der Waals surface area contributed by atoms with Crippen LogP contribution in [0.4, 0.5) is 0 Å². The predicted molar refractivity (Wildman–Crippen MR) is 146 cm³/mol. The van der Waals surface area contributed by atoms with Gasteiger partial charge in [0.15, 0.2) is 5.82 Å². The molecule has 0 unspecified atom stereocenters. The van der Waals surface area contributed by atoms with Gasteiger partial charge in [-0.2, -0.15) is 0 Å². The molecule has 2 aromatic carbocycles. The maximum absolute atomic E-state index is 13.2. The highest BCUT2D eigenvalue weighted by Gasteiger charge is 2.28. The van der Waals surface area contributed by atoms with Crippen LogP contribution in [0.15, 0.2) is 53.3 Å². The minimum atomic E-state index is -0.117. The monoisotopic (exact) mass is 516 g/mol. The van der Waals surface area contributed by atoms with E-state index in [0.717, 1.165) is 60.3 Å². The number of nitrogens with zero attached hydrogens (tertiary/aromatic N) is 5. The molecule has 2 atom stereocenters. The Labute approximate surface area is 222 Å². The zero-order valence-electron chi connectivity index (χ0n) is 22.4. The molecule has 0 saturated carbocycles. The first-order valence-corrected chi connectivity index (χ1v) is 13.5. The number of rotatable bonds is 11. The highest BCUT2D eigenvalue weighted by molar-refractivity contribution is 5.79. The molecular formula is C29H36N6O3. The van der Waals surface area contributed by atoms with Crippen LogP contribution < -0.4 is 10.3 Å². The summed E-state index contributed by atoms with van der Waals surface area (Å²) >= 11 is 0. The molecule has 1 fully saturated rings. The average Bonchev–Trinajstić information content (AvgIpc) is 3.62. The van der Waals surface area contributed by atoms with Crippen molar-refractivity contribution < 1.29 is 9.47 Å². The van der Waals surface area contributed by atoms with Crippen molar-refractivity contribution in [1.29, 1.82) is 0 Å². The molecule has 1 aliphatic rings. The molecule has 0 amide bonds. The standard InChI is InChI=1S/C29H36N6O3/c1-4-20-12-13-25-22(15-20)16-23(29(36)30-25)18-34(17-21-9-6-7-11-27(21)37-3)26(5-2)28-31-32-33-35(28)19-24-10-8-14-38-24/h6-7,9,11-13,15-16,24,26H,4-5,8,10,14,17-19H2,1-3H3,(H,30,36)/t24-,26-/m0/s1. The summed E-state index contributed by atoms with van der Waals surface area (Å²) in [6.45, 7) is 6.67. The van der Waals surface area contributed by atoms with Gasteiger partial charge in [-0.3, -0.25) is 9.69 Å². The van der Waals surface area contributed by atoms with Crippen molar-refractivity contribution in [3.05, 3.63) is 81.4 Å². The van der Waals surface area contributed by atoms with Gasteiger partial charge >= 0.3 is 0 Å². The van der Waals surface area contributed by atoms with E-state index in [2.05, 4.69) is 57.5 Å². The molecule has 200 valence electrons. The van der Waals surface area contributed by atoms with Gasteiger partial charge in [0.25, 0.3) is 5.56 Å². The number of fused-ring (bicyclic) bond motifs is 1. The van der Waals surface area contributed by atoms with Crippen molar-refractivity contribution in [2.24, 2.45) is 0 Å². The Morgan fingerprint density at radius 2 is 2.00 bits per heavy atom. The number of ether oxygens (including phenoxy) is 2. The summed E-state index contributed by atoms with van der Waals surface area (Å²) < 4.78 is 13.4. The smallest absolute Gasteiger partial charge is 0.252 e. The summed E-state index contributed by atoms with van der Waals surface area (Å²) in [4.78, 5) is 18.6. The molecule has 9 heteroatoms. The molecular weight excluding hydrogens is 480 g/mol. The van der Waals surface area contributed by atoms with Crippen molar-refractivity contribution >= 4 is 10.9 Å². The molecule has 5 rings (SSSR count). The lowest BCUT2D eigenvalue weighted by molar-refractivity contribution is 0.0887. The second-order valence-electron chi connectivity index (χ2n) is 9.89. The van der Waals surface area contributed by atoms with Gasteiger partial charge in [-0.1, -0.05) is 38.1 Å². The first-order valence-electron chi connectivity index (χ1n) is 13.5. The van der Waals surface area contributed by atoms with Gasteiger partial charge < -0.3 is 14.5 Å². The third-order valence-corrected chi connectivity index (χ3v) is 7.42. The van der Waals surface area contributed by atoms with Crippen molar-refractivity contribution in [1.82, 2.24) is 30.1 Å². The predicted octanol–water partition coefficient (Wildman–Crippen LogP) is 4.42. The Balaban J connectivity index is 1.53. The van der Waals surface area contributed by atoms with Crippen molar-refractivity contribution in [2.45, 2.75) is 71.3 Å². The Kier molecular flexibility index (Phi) is 8.14. The largest absolute Gasteiger partial charge is 0.496 e. The summed E-state index contributed by atoms with van der Waals surface area (Å²) in [5.41, 5.74) is 3.75. The number of hydrogen-bond acceptors (Lipinski definition) is 7. The van der Waals surface area contributed by atoms with E-state index in [4.69, 9.17) is 9.47 Å². The molecule has 2 aromatic heterocycles. The van der Waals surface area contributed by atoms with E-state index in [0.29, 0.717) is 25.2 Å². The summed E-state index contributed by atoms with van der Waals surface area (Å²) in [7, 11) is 1.68. The quantitative estimate of drug-likeness (QED) is 0.315. The van der Waals surface area contributed by atoms with Crippen molar-refractivity contribution in [2.75, 3.05) is 13.7 Å². The fourth-order valence-electron chi connectivity index (χ4n) is 5.35. The number of aromatic nitrogens is 5. The van der Waals surface area contributed by atoms with Crippen molar-refractivity contribution in [3.63, 3.8) is 0 Å². The van der Waals surface area contributed by atoms with Crippen LogP contribution in [0.1, 0.15) is 61.7 Å². The van der Waals surface area contributed by atoms with Gasteiger partial charge in [0.1, 0.15) is 5.75 Å². The molecule has 4 aromatic rings. The Hall–Kier alpha value is -3.56. The number of nitrogens with one attached hydrogen (secondary N) is 1. The van der Waals surface area contributed by atoms with E-state index in [1.54, 1.807) is 7.11 Å². The van der Waals surface area contributed by atoms with E-state index < -0.39 is 0 Å². The lowest BCUT2D eigenvalue weighted by Crippen LogP contribution is -2.33. The van der Waals surface area contributed by atoms with Crippen LogP contribution in [0.2, 0.25) is 0 Å². The van der Waals surface area contributed by atoms with Gasteiger partial charge in [-0.25, -0.2) is 4.68 Å². The number of para-hydroxylation sites is 1. The molecule has 3 heterocycles. The fraction of sp³-hybridized carbons (Fsp3) is 0.448. The van der Waals surface area contributed by atoms with Crippen LogP contribution in [0.5, 0.6) is 5.75 Å². The van der Waals surface area contributed by atoms with Gasteiger partial charge in [0, 0.05) is 36.3 Å². The first-order chi connectivity index (χ1) is 18.6. The summed E-state index contributed by atoms with van der Waals surface area (Å²) in [6.07, 6.45) is 3.90. The molecule has 1 aliphatic heterocycles. The number of benzene rings is 2. The molecule has 0 bridgehead atoms. The SMILES string of the molecule is CCc1ccc2[nH]c(=O)c(CN(Cc3ccccc3OC)[C@@H](CC)c3nnnn3C[C@@H]3CCCO3)cc2c1. The third-order valence-electron chi connectivity index (χ3n) is 7.42. The minimum absolute atomic E-state index is 0.0828. The number of hydrogen-bond donors (Lipinski definition) is 1. The summed E-state index contributed by atoms with van der Waals surface area (Å²) in [5.74, 6) is 1.59. The Bertz CT molecular complexity index is 1430.